The zero-order valence-corrected chi connectivity index (χ0v) is 14.6. The summed E-state index contributed by atoms with van der Waals surface area (Å²) in [6.07, 6.45) is 0.950. The van der Waals surface area contributed by atoms with Crippen molar-refractivity contribution in [2.24, 2.45) is 0 Å². The van der Waals surface area contributed by atoms with Gasteiger partial charge < -0.3 is 10.6 Å². The van der Waals surface area contributed by atoms with Crippen molar-refractivity contribution in [2.45, 2.75) is 32.7 Å². The Kier molecular flexibility index (Phi) is 6.38. The summed E-state index contributed by atoms with van der Waals surface area (Å²) in [5, 5.41) is 5.84. The minimum absolute atomic E-state index is 0.207. The Morgan fingerprint density at radius 2 is 1.71 bits per heavy atom. The van der Waals surface area contributed by atoms with Crippen molar-refractivity contribution in [3.63, 3.8) is 0 Å². The Labute approximate surface area is 147 Å². The monoisotopic (exact) mass is 344 g/mol. The average Bonchev–Trinajstić information content (AvgIpc) is 2.60. The molecule has 126 valence electrons. The number of halogens is 1. The Bertz CT molecular complexity index is 731. The van der Waals surface area contributed by atoms with Gasteiger partial charge in [0.2, 0.25) is 0 Å². The number of benzene rings is 2. The maximum atomic E-state index is 12.1. The van der Waals surface area contributed by atoms with Crippen molar-refractivity contribution in [1.29, 1.82) is 0 Å². The second-order valence-corrected chi connectivity index (χ2v) is 6.03. The number of carbonyl (C=O) groups is 2. The van der Waals surface area contributed by atoms with Crippen LogP contribution in [-0.4, -0.2) is 11.8 Å². The quantitative estimate of drug-likeness (QED) is 0.802. The van der Waals surface area contributed by atoms with Gasteiger partial charge in [-0.25, -0.2) is 0 Å². The van der Waals surface area contributed by atoms with Crippen LogP contribution in [0.2, 0.25) is 5.02 Å². The molecule has 0 saturated heterocycles. The standard InChI is InChI=1S/C19H21ClN2O2/c1-3-13(2)15-9-5-7-11-17(15)22-19(24)18(23)21-12-14-8-4-6-10-16(14)20/h4-11,13H,3,12H2,1-2H3,(H,21,23)(H,22,24). The fourth-order valence-corrected chi connectivity index (χ4v) is 2.54. The van der Waals surface area contributed by atoms with Crippen LogP contribution in [0.1, 0.15) is 37.3 Å². The van der Waals surface area contributed by atoms with Gasteiger partial charge in [0.1, 0.15) is 0 Å². The van der Waals surface area contributed by atoms with Gasteiger partial charge in [0.15, 0.2) is 0 Å². The molecule has 0 aliphatic rings. The Balaban J connectivity index is 2.00. The Hall–Kier alpha value is -2.33. The van der Waals surface area contributed by atoms with Gasteiger partial charge >= 0.3 is 11.8 Å². The Morgan fingerprint density at radius 3 is 2.42 bits per heavy atom. The van der Waals surface area contributed by atoms with Gasteiger partial charge in [-0.3, -0.25) is 9.59 Å². The smallest absolute Gasteiger partial charge is 0.313 e. The maximum absolute atomic E-state index is 12.1. The van der Waals surface area contributed by atoms with Crippen LogP contribution >= 0.6 is 11.6 Å². The summed E-state index contributed by atoms with van der Waals surface area (Å²) in [7, 11) is 0. The van der Waals surface area contributed by atoms with E-state index >= 15 is 0 Å². The predicted molar refractivity (Wildman–Crippen MR) is 97.1 cm³/mol. The van der Waals surface area contributed by atoms with Crippen molar-refractivity contribution in [3.05, 3.63) is 64.7 Å². The van der Waals surface area contributed by atoms with Crippen molar-refractivity contribution < 1.29 is 9.59 Å². The molecule has 2 rings (SSSR count). The number of amides is 2. The molecule has 1 atom stereocenters. The number of hydrogen-bond donors (Lipinski definition) is 2. The molecule has 0 radical (unpaired) electrons. The van der Waals surface area contributed by atoms with Crippen LogP contribution in [0, 0.1) is 0 Å². The molecule has 0 heterocycles. The molecule has 4 nitrogen and oxygen atoms in total. The van der Waals surface area contributed by atoms with E-state index in [0.717, 1.165) is 17.5 Å². The molecular weight excluding hydrogens is 324 g/mol. The predicted octanol–water partition coefficient (Wildman–Crippen LogP) is 4.11. The average molecular weight is 345 g/mol. The number of anilines is 1. The highest BCUT2D eigenvalue weighted by Crippen LogP contribution is 2.26. The van der Waals surface area contributed by atoms with Gasteiger partial charge in [0, 0.05) is 17.3 Å². The molecule has 24 heavy (non-hydrogen) atoms. The summed E-state index contributed by atoms with van der Waals surface area (Å²) in [5.41, 5.74) is 2.46. The van der Waals surface area contributed by atoms with Gasteiger partial charge in [0.25, 0.3) is 0 Å². The van der Waals surface area contributed by atoms with Gasteiger partial charge in [-0.2, -0.15) is 0 Å². The first-order valence-corrected chi connectivity index (χ1v) is 8.32. The van der Waals surface area contributed by atoms with Crippen LogP contribution < -0.4 is 10.6 Å². The van der Waals surface area contributed by atoms with Crippen LogP contribution in [-0.2, 0) is 16.1 Å². The molecule has 0 aliphatic heterocycles. The molecule has 2 amide bonds. The summed E-state index contributed by atoms with van der Waals surface area (Å²) in [6.45, 7) is 4.38. The third kappa shape index (κ3) is 4.59. The summed E-state index contributed by atoms with van der Waals surface area (Å²) >= 11 is 6.04. The van der Waals surface area contributed by atoms with Crippen molar-refractivity contribution >= 4 is 29.1 Å². The minimum Gasteiger partial charge on any atom is -0.344 e. The van der Waals surface area contributed by atoms with Gasteiger partial charge in [-0.05, 0) is 35.6 Å². The molecule has 2 aromatic carbocycles. The van der Waals surface area contributed by atoms with E-state index in [2.05, 4.69) is 24.5 Å². The van der Waals surface area contributed by atoms with Crippen LogP contribution in [0.15, 0.2) is 48.5 Å². The van der Waals surface area contributed by atoms with Gasteiger partial charge in [0.05, 0.1) is 0 Å². The topological polar surface area (TPSA) is 58.2 Å². The largest absolute Gasteiger partial charge is 0.344 e. The highest BCUT2D eigenvalue weighted by Gasteiger charge is 2.16. The molecule has 0 fully saturated rings. The third-order valence-electron chi connectivity index (χ3n) is 3.96. The Morgan fingerprint density at radius 1 is 1.04 bits per heavy atom. The lowest BCUT2D eigenvalue weighted by Gasteiger charge is -2.15. The highest BCUT2D eigenvalue weighted by atomic mass is 35.5. The van der Waals surface area contributed by atoms with E-state index in [1.807, 2.05) is 30.3 Å². The van der Waals surface area contributed by atoms with Crippen molar-refractivity contribution in [2.75, 3.05) is 5.32 Å². The van der Waals surface area contributed by atoms with Gasteiger partial charge in [-0.15, -0.1) is 0 Å². The molecule has 2 N–H and O–H groups in total. The summed E-state index contributed by atoms with van der Waals surface area (Å²) in [4.78, 5) is 24.1. The molecule has 0 aromatic heterocycles. The molecule has 5 heteroatoms. The summed E-state index contributed by atoms with van der Waals surface area (Å²) < 4.78 is 0. The van der Waals surface area contributed by atoms with Crippen LogP contribution in [0.3, 0.4) is 0 Å². The van der Waals surface area contributed by atoms with E-state index in [1.165, 1.54) is 0 Å². The second kappa shape index (κ2) is 8.50. The van der Waals surface area contributed by atoms with Crippen LogP contribution in [0.4, 0.5) is 5.69 Å². The summed E-state index contributed by atoms with van der Waals surface area (Å²) in [5.74, 6) is -1.07. The fourth-order valence-electron chi connectivity index (χ4n) is 2.34. The lowest BCUT2D eigenvalue weighted by Crippen LogP contribution is -2.35. The van der Waals surface area contributed by atoms with E-state index in [1.54, 1.807) is 18.2 Å². The van der Waals surface area contributed by atoms with Gasteiger partial charge in [-0.1, -0.05) is 61.8 Å². The fraction of sp³-hybridized carbons (Fsp3) is 0.263. The molecular formula is C19H21ClN2O2. The molecule has 0 spiro atoms. The van der Waals surface area contributed by atoms with Crippen LogP contribution in [0.25, 0.3) is 0 Å². The first-order valence-electron chi connectivity index (χ1n) is 7.94. The number of para-hydroxylation sites is 1. The number of nitrogens with one attached hydrogen (secondary N) is 2. The minimum atomic E-state index is -0.686. The number of carbonyl (C=O) groups excluding carboxylic acids is 2. The molecule has 0 bridgehead atoms. The zero-order chi connectivity index (χ0) is 17.5. The van der Waals surface area contributed by atoms with Crippen molar-refractivity contribution in [1.82, 2.24) is 5.32 Å². The summed E-state index contributed by atoms with van der Waals surface area (Å²) in [6, 6.07) is 14.7. The van der Waals surface area contributed by atoms with E-state index < -0.39 is 11.8 Å². The normalized spacial score (nSPS) is 11.6. The third-order valence-corrected chi connectivity index (χ3v) is 4.32. The molecule has 0 saturated carbocycles. The van der Waals surface area contributed by atoms with E-state index in [9.17, 15) is 9.59 Å². The first-order chi connectivity index (χ1) is 11.5. The van der Waals surface area contributed by atoms with Crippen molar-refractivity contribution in [3.8, 4) is 0 Å². The van der Waals surface area contributed by atoms with E-state index in [-0.39, 0.29) is 6.54 Å². The van der Waals surface area contributed by atoms with Crippen LogP contribution in [0.5, 0.6) is 0 Å². The first kappa shape index (κ1) is 18.0. The second-order valence-electron chi connectivity index (χ2n) is 5.62. The zero-order valence-electron chi connectivity index (χ0n) is 13.8. The molecule has 1 unspecified atom stereocenters. The van der Waals surface area contributed by atoms with E-state index in [0.29, 0.717) is 16.6 Å². The highest BCUT2D eigenvalue weighted by molar-refractivity contribution is 6.39. The lowest BCUT2D eigenvalue weighted by atomic mass is 9.97. The number of hydrogen-bond acceptors (Lipinski definition) is 2. The number of rotatable bonds is 5. The molecule has 2 aromatic rings. The SMILES string of the molecule is CCC(C)c1ccccc1NC(=O)C(=O)NCc1ccccc1Cl. The lowest BCUT2D eigenvalue weighted by molar-refractivity contribution is -0.136. The van der Waals surface area contributed by atoms with E-state index in [4.69, 9.17) is 11.6 Å². The maximum Gasteiger partial charge on any atom is 0.313 e. The molecule has 0 aliphatic carbocycles.